The third kappa shape index (κ3) is 3.73. The Bertz CT molecular complexity index is 491. The molecular formula is C11H11Cl2NO3S. The molecule has 0 radical (unpaired) electrons. The largest absolute Gasteiger partial charge is 0.481 e. The zero-order valence-electron chi connectivity index (χ0n) is 9.74. The van der Waals surface area contributed by atoms with Crippen molar-refractivity contribution in [2.45, 2.75) is 6.42 Å². The average molecular weight is 308 g/mol. The number of hydrogen-bond donors (Lipinski definition) is 1. The fourth-order valence-electron chi connectivity index (χ4n) is 1.14. The van der Waals surface area contributed by atoms with Crippen LogP contribution in [0.1, 0.15) is 5.56 Å². The first kappa shape index (κ1) is 15.0. The van der Waals surface area contributed by atoms with Crippen LogP contribution in [0.15, 0.2) is 12.1 Å². The van der Waals surface area contributed by atoms with Gasteiger partial charge in [0, 0.05) is 14.1 Å². The Morgan fingerprint density at radius 1 is 1.39 bits per heavy atom. The van der Waals surface area contributed by atoms with E-state index in [0.717, 1.165) is 0 Å². The fraction of sp³-hybridized carbons (Fsp3) is 0.273. The predicted molar refractivity (Wildman–Crippen MR) is 74.7 cm³/mol. The molecule has 0 saturated carbocycles. The lowest BCUT2D eigenvalue weighted by Gasteiger charge is -2.16. The molecule has 1 aromatic carbocycles. The first-order valence-corrected chi connectivity index (χ1v) is 6.07. The molecule has 0 spiro atoms. The summed E-state index contributed by atoms with van der Waals surface area (Å²) in [4.78, 5) is 12.2. The molecule has 0 bridgehead atoms. The smallest absolute Gasteiger partial charge is 0.307 e. The molecule has 1 aromatic rings. The second-order valence-corrected chi connectivity index (χ2v) is 4.79. The van der Waals surface area contributed by atoms with E-state index in [1.54, 1.807) is 31.1 Å². The van der Waals surface area contributed by atoms with Gasteiger partial charge in [-0.2, -0.15) is 0 Å². The summed E-state index contributed by atoms with van der Waals surface area (Å²) in [6.45, 7) is 0. The number of aliphatic carboxylic acids is 1. The Morgan fingerprint density at radius 3 is 2.50 bits per heavy atom. The summed E-state index contributed by atoms with van der Waals surface area (Å²) in [5.41, 5.74) is 0.428. The Balaban J connectivity index is 3.01. The van der Waals surface area contributed by atoms with E-state index < -0.39 is 5.97 Å². The van der Waals surface area contributed by atoms with Gasteiger partial charge in [0.2, 0.25) is 0 Å². The van der Waals surface area contributed by atoms with Crippen molar-refractivity contribution in [2.75, 3.05) is 14.1 Å². The van der Waals surface area contributed by atoms with Crippen molar-refractivity contribution < 1.29 is 14.6 Å². The van der Waals surface area contributed by atoms with Gasteiger partial charge in [-0.1, -0.05) is 29.3 Å². The van der Waals surface area contributed by atoms with Gasteiger partial charge < -0.3 is 14.7 Å². The van der Waals surface area contributed by atoms with Gasteiger partial charge in [-0.05, 0) is 23.8 Å². The molecule has 0 aliphatic carbocycles. The molecule has 1 N–H and O–H groups in total. The van der Waals surface area contributed by atoms with Crippen LogP contribution in [0.4, 0.5) is 0 Å². The summed E-state index contributed by atoms with van der Waals surface area (Å²) in [5, 5.41) is 9.26. The minimum Gasteiger partial charge on any atom is -0.481 e. The number of carboxylic acids is 1. The molecule has 0 unspecified atom stereocenters. The van der Waals surface area contributed by atoms with Gasteiger partial charge in [0.25, 0.3) is 5.17 Å². The van der Waals surface area contributed by atoms with Crippen molar-refractivity contribution >= 4 is 46.6 Å². The number of ether oxygens (including phenoxy) is 1. The summed E-state index contributed by atoms with van der Waals surface area (Å²) in [6, 6.07) is 3.10. The Labute approximate surface area is 120 Å². The number of hydrogen-bond acceptors (Lipinski definition) is 3. The van der Waals surface area contributed by atoms with E-state index >= 15 is 0 Å². The molecule has 0 atom stereocenters. The van der Waals surface area contributed by atoms with Gasteiger partial charge in [-0.15, -0.1) is 0 Å². The zero-order valence-corrected chi connectivity index (χ0v) is 12.1. The lowest BCUT2D eigenvalue weighted by Crippen LogP contribution is -2.25. The summed E-state index contributed by atoms with van der Waals surface area (Å²) in [7, 11) is 3.47. The number of nitrogens with zero attached hydrogens (tertiary/aromatic N) is 1. The minimum atomic E-state index is -0.981. The molecule has 18 heavy (non-hydrogen) atoms. The molecule has 0 aromatic heterocycles. The number of benzene rings is 1. The third-order valence-electron chi connectivity index (χ3n) is 2.03. The maximum absolute atomic E-state index is 10.6. The van der Waals surface area contributed by atoms with Crippen LogP contribution in [-0.4, -0.2) is 35.2 Å². The number of halogens is 2. The molecule has 4 nitrogen and oxygen atoms in total. The SMILES string of the molecule is CN(C)C(=S)Oc1ccc(CC(=O)O)c(Cl)c1Cl. The van der Waals surface area contributed by atoms with Crippen molar-refractivity contribution in [3.8, 4) is 5.75 Å². The van der Waals surface area contributed by atoms with Gasteiger partial charge in [0.15, 0.2) is 0 Å². The number of thiocarbonyl (C=S) groups is 1. The van der Waals surface area contributed by atoms with Crippen LogP contribution in [-0.2, 0) is 11.2 Å². The molecule has 7 heteroatoms. The fourth-order valence-corrected chi connectivity index (χ4v) is 1.67. The first-order chi connectivity index (χ1) is 8.32. The number of carboxylic acid groups (broad SMARTS) is 1. The van der Waals surface area contributed by atoms with E-state index in [-0.39, 0.29) is 21.6 Å². The highest BCUT2D eigenvalue weighted by Crippen LogP contribution is 2.35. The van der Waals surface area contributed by atoms with Gasteiger partial charge >= 0.3 is 5.97 Å². The van der Waals surface area contributed by atoms with E-state index in [0.29, 0.717) is 11.3 Å². The van der Waals surface area contributed by atoms with Gasteiger partial charge in [-0.3, -0.25) is 4.79 Å². The van der Waals surface area contributed by atoms with E-state index in [2.05, 4.69) is 0 Å². The molecule has 0 amide bonds. The summed E-state index contributed by atoms with van der Waals surface area (Å²) in [6.07, 6.45) is -0.197. The topological polar surface area (TPSA) is 49.8 Å². The Hall–Kier alpha value is -1.04. The van der Waals surface area contributed by atoms with Crippen LogP contribution >= 0.6 is 35.4 Å². The van der Waals surface area contributed by atoms with Crippen molar-refractivity contribution in [3.63, 3.8) is 0 Å². The normalized spacial score (nSPS) is 10.0. The van der Waals surface area contributed by atoms with Crippen LogP contribution in [0.2, 0.25) is 10.0 Å². The third-order valence-corrected chi connectivity index (χ3v) is 3.38. The molecular weight excluding hydrogens is 297 g/mol. The maximum atomic E-state index is 10.6. The average Bonchev–Trinajstić information content (AvgIpc) is 2.28. The highest BCUT2D eigenvalue weighted by atomic mass is 35.5. The van der Waals surface area contributed by atoms with Gasteiger partial charge in [0.1, 0.15) is 10.8 Å². The molecule has 0 heterocycles. The standard InChI is InChI=1S/C11H11Cl2NO3S/c1-14(2)11(18)17-7-4-3-6(5-8(15)16)9(12)10(7)13/h3-4H,5H2,1-2H3,(H,15,16). The van der Waals surface area contributed by atoms with Crippen molar-refractivity contribution in [1.82, 2.24) is 4.90 Å². The molecule has 1 rings (SSSR count). The van der Waals surface area contributed by atoms with Crippen molar-refractivity contribution in [3.05, 3.63) is 27.7 Å². The Kier molecular flexibility index (Phi) is 5.19. The van der Waals surface area contributed by atoms with Crippen LogP contribution < -0.4 is 4.74 Å². The lowest BCUT2D eigenvalue weighted by molar-refractivity contribution is -0.136. The summed E-state index contributed by atoms with van der Waals surface area (Å²) >= 11 is 16.9. The summed E-state index contributed by atoms with van der Waals surface area (Å²) in [5.74, 6) is -0.681. The highest BCUT2D eigenvalue weighted by Gasteiger charge is 2.15. The van der Waals surface area contributed by atoms with Crippen LogP contribution in [0.3, 0.4) is 0 Å². The zero-order chi connectivity index (χ0) is 13.9. The quantitative estimate of drug-likeness (QED) is 0.870. The molecule has 0 aliphatic rings. The Morgan fingerprint density at radius 2 is 2.00 bits per heavy atom. The number of rotatable bonds is 3. The highest BCUT2D eigenvalue weighted by molar-refractivity contribution is 7.80. The second-order valence-electron chi connectivity index (χ2n) is 3.68. The monoisotopic (exact) mass is 307 g/mol. The van der Waals surface area contributed by atoms with Crippen LogP contribution in [0.5, 0.6) is 5.75 Å². The lowest BCUT2D eigenvalue weighted by atomic mass is 10.1. The predicted octanol–water partition coefficient (Wildman–Crippen LogP) is 2.85. The molecule has 0 fully saturated rings. The molecule has 0 saturated heterocycles. The van der Waals surface area contributed by atoms with E-state index in [1.807, 2.05) is 0 Å². The van der Waals surface area contributed by atoms with Crippen LogP contribution in [0, 0.1) is 0 Å². The van der Waals surface area contributed by atoms with Gasteiger partial charge in [-0.25, -0.2) is 0 Å². The second kappa shape index (κ2) is 6.22. The van der Waals surface area contributed by atoms with Crippen molar-refractivity contribution in [2.24, 2.45) is 0 Å². The molecule has 98 valence electrons. The van der Waals surface area contributed by atoms with E-state index in [9.17, 15) is 4.79 Å². The molecule has 0 aliphatic heterocycles. The van der Waals surface area contributed by atoms with Crippen LogP contribution in [0.25, 0.3) is 0 Å². The van der Waals surface area contributed by atoms with Crippen molar-refractivity contribution in [1.29, 1.82) is 0 Å². The number of carbonyl (C=O) groups is 1. The van der Waals surface area contributed by atoms with E-state index in [4.69, 9.17) is 45.3 Å². The first-order valence-electron chi connectivity index (χ1n) is 4.90. The van der Waals surface area contributed by atoms with E-state index in [1.165, 1.54) is 0 Å². The maximum Gasteiger partial charge on any atom is 0.307 e. The van der Waals surface area contributed by atoms with Gasteiger partial charge in [0.05, 0.1) is 11.4 Å². The minimum absolute atomic E-state index is 0.152. The summed E-state index contributed by atoms with van der Waals surface area (Å²) < 4.78 is 5.34.